The molecule has 0 aliphatic carbocycles. The van der Waals surface area contributed by atoms with Crippen LogP contribution < -0.4 is 14.8 Å². The van der Waals surface area contributed by atoms with E-state index in [1.807, 2.05) is 18.6 Å². The van der Waals surface area contributed by atoms with Crippen molar-refractivity contribution in [1.82, 2.24) is 15.0 Å². The quantitative estimate of drug-likeness (QED) is 0.176. The number of carbonyl (C=O) groups is 2. The molecule has 0 saturated carbocycles. The summed E-state index contributed by atoms with van der Waals surface area (Å²) in [6.45, 7) is 1.38. The molecule has 224 valence electrons. The number of sulfonamides is 1. The molecule has 0 aliphatic heterocycles. The van der Waals surface area contributed by atoms with Gasteiger partial charge in [-0.3, -0.25) is 19.3 Å². The largest absolute Gasteiger partial charge is 0.435 e. The molecule has 12 nitrogen and oxygen atoms in total. The maximum Gasteiger partial charge on any atom is 0.387 e. The first-order valence-corrected chi connectivity index (χ1v) is 15.9. The van der Waals surface area contributed by atoms with Crippen LogP contribution in [0.25, 0.3) is 11.1 Å². The van der Waals surface area contributed by atoms with Crippen molar-refractivity contribution in [1.29, 1.82) is 0 Å². The van der Waals surface area contributed by atoms with Crippen molar-refractivity contribution in [3.05, 3.63) is 60.0 Å². The number of fused-ring (bicyclic) bond motifs is 1. The molecule has 3 rings (SSSR count). The number of alkyl halides is 2. The number of amides is 1. The summed E-state index contributed by atoms with van der Waals surface area (Å²) in [6.07, 6.45) is 0.830. The molecule has 1 heterocycles. The van der Waals surface area contributed by atoms with Crippen molar-refractivity contribution in [3.8, 4) is 5.75 Å². The SMILES string of the molecule is CC.CC(=N[C@@H](CS(=O)(=O)Cc1ccccc1OC(F)F)C(=O)NCC(=O)c1nc2ccccc2o1)NS(C)(=O)=O. The highest BCUT2D eigenvalue weighted by Crippen LogP contribution is 2.23. The van der Waals surface area contributed by atoms with Crippen LogP contribution in [0.5, 0.6) is 5.75 Å². The number of para-hydroxylation sites is 3. The lowest BCUT2D eigenvalue weighted by Crippen LogP contribution is -2.42. The van der Waals surface area contributed by atoms with E-state index < -0.39 is 62.3 Å². The van der Waals surface area contributed by atoms with Gasteiger partial charge in [0, 0.05) is 5.56 Å². The van der Waals surface area contributed by atoms with Gasteiger partial charge in [-0.1, -0.05) is 44.2 Å². The smallest absolute Gasteiger partial charge is 0.387 e. The standard InChI is InChI=1S/C23H24F2N4O8S2.C2H6/c1-14(29-38(2,32)33)27-17(13-39(34,35)12-15-7-3-5-9-19(15)37-23(24)25)21(31)26-11-18(30)22-28-16-8-4-6-10-20(16)36-22;1-2/h3-10,17,23H,11-13H2,1-2H3,(H,26,31)(H,27,29);1-2H3/t17-;/m0./s1. The van der Waals surface area contributed by atoms with Crippen molar-refractivity contribution < 1.29 is 44.4 Å². The van der Waals surface area contributed by atoms with Gasteiger partial charge in [-0.15, -0.1) is 0 Å². The van der Waals surface area contributed by atoms with Gasteiger partial charge in [0.2, 0.25) is 21.7 Å². The number of nitrogens with zero attached hydrogens (tertiary/aromatic N) is 2. The van der Waals surface area contributed by atoms with Crippen molar-refractivity contribution in [2.75, 3.05) is 18.6 Å². The summed E-state index contributed by atoms with van der Waals surface area (Å²) in [4.78, 5) is 33.3. The average Bonchev–Trinajstić information content (AvgIpc) is 3.32. The number of oxazole rings is 1. The van der Waals surface area contributed by atoms with E-state index in [1.165, 1.54) is 25.1 Å². The second-order valence-electron chi connectivity index (χ2n) is 8.27. The minimum atomic E-state index is -4.22. The van der Waals surface area contributed by atoms with Crippen molar-refractivity contribution in [3.63, 3.8) is 0 Å². The van der Waals surface area contributed by atoms with Crippen LogP contribution >= 0.6 is 0 Å². The first-order chi connectivity index (χ1) is 19.2. The molecule has 41 heavy (non-hydrogen) atoms. The average molecular weight is 617 g/mol. The minimum Gasteiger partial charge on any atom is -0.435 e. The van der Waals surface area contributed by atoms with Crippen LogP contribution in [-0.4, -0.2) is 70.6 Å². The zero-order chi connectivity index (χ0) is 30.8. The fourth-order valence-corrected chi connectivity index (χ4v) is 5.55. The Hall–Kier alpha value is -3.92. The topological polar surface area (TPSA) is 174 Å². The fourth-order valence-electron chi connectivity index (χ4n) is 3.42. The third-order valence-electron chi connectivity index (χ3n) is 4.92. The number of nitrogens with one attached hydrogen (secondary N) is 2. The number of rotatable bonds is 12. The molecule has 0 radical (unpaired) electrons. The number of sulfone groups is 1. The number of benzene rings is 2. The van der Waals surface area contributed by atoms with Crippen molar-refractivity contribution >= 4 is 48.5 Å². The molecule has 0 spiro atoms. The molecule has 2 aromatic carbocycles. The molecule has 1 atom stereocenters. The van der Waals surface area contributed by atoms with Crippen molar-refractivity contribution in [2.45, 2.75) is 39.2 Å². The first-order valence-electron chi connectivity index (χ1n) is 12.1. The first kappa shape index (κ1) is 33.3. The zero-order valence-corrected chi connectivity index (χ0v) is 24.3. The molecule has 16 heteroatoms. The molecule has 0 bridgehead atoms. The molecule has 2 N–H and O–H groups in total. The van der Waals surface area contributed by atoms with Crippen LogP contribution in [0, 0.1) is 0 Å². The van der Waals surface area contributed by atoms with Gasteiger partial charge in [0.25, 0.3) is 5.89 Å². The summed E-state index contributed by atoms with van der Waals surface area (Å²) in [5.74, 6) is -4.39. The van der Waals surface area contributed by atoms with Gasteiger partial charge in [-0.05, 0) is 25.1 Å². The molecular weight excluding hydrogens is 586 g/mol. The number of ketones is 1. The lowest BCUT2D eigenvalue weighted by molar-refractivity contribution is -0.121. The van der Waals surface area contributed by atoms with Gasteiger partial charge in [0.05, 0.1) is 24.3 Å². The zero-order valence-electron chi connectivity index (χ0n) is 22.6. The van der Waals surface area contributed by atoms with Crippen LogP contribution in [0.3, 0.4) is 0 Å². The molecular formula is C25H30F2N4O8S2. The van der Waals surface area contributed by atoms with E-state index >= 15 is 0 Å². The Balaban J connectivity index is 0.00000287. The summed E-state index contributed by atoms with van der Waals surface area (Å²) in [6, 6.07) is 10.1. The predicted molar refractivity (Wildman–Crippen MR) is 148 cm³/mol. The summed E-state index contributed by atoms with van der Waals surface area (Å²) in [5.41, 5.74) is 0.678. The van der Waals surface area contributed by atoms with Gasteiger partial charge in [0.1, 0.15) is 23.1 Å². The maximum absolute atomic E-state index is 13.0. The summed E-state index contributed by atoms with van der Waals surface area (Å²) < 4.78 is 86.2. The van der Waals surface area contributed by atoms with E-state index in [9.17, 15) is 35.2 Å². The molecule has 0 fully saturated rings. The predicted octanol–water partition coefficient (Wildman–Crippen LogP) is 2.71. The molecule has 0 unspecified atom stereocenters. The van der Waals surface area contributed by atoms with Gasteiger partial charge >= 0.3 is 6.61 Å². The maximum atomic E-state index is 13.0. The van der Waals surface area contributed by atoms with Crippen molar-refractivity contribution in [2.24, 2.45) is 4.99 Å². The fraction of sp³-hybridized carbons (Fsp3) is 0.360. The third-order valence-corrected chi connectivity index (χ3v) is 7.16. The highest BCUT2D eigenvalue weighted by atomic mass is 32.2. The highest BCUT2D eigenvalue weighted by Gasteiger charge is 2.28. The summed E-state index contributed by atoms with van der Waals surface area (Å²) in [5, 5.41) is 2.26. The molecule has 1 aromatic heterocycles. The van der Waals surface area contributed by atoms with E-state index in [4.69, 9.17) is 4.42 Å². The second kappa shape index (κ2) is 14.6. The summed E-state index contributed by atoms with van der Waals surface area (Å²) in [7, 11) is -8.02. The Morgan fingerprint density at radius 3 is 2.32 bits per heavy atom. The second-order valence-corrected chi connectivity index (χ2v) is 12.1. The van der Waals surface area contributed by atoms with E-state index in [0.717, 1.165) is 12.3 Å². The number of amidine groups is 1. The van der Waals surface area contributed by atoms with Crippen LogP contribution in [0.2, 0.25) is 0 Å². The highest BCUT2D eigenvalue weighted by molar-refractivity contribution is 7.90. The van der Waals surface area contributed by atoms with E-state index in [0.29, 0.717) is 11.1 Å². The van der Waals surface area contributed by atoms with Gasteiger partial charge in [-0.25, -0.2) is 21.8 Å². The normalized spacial score (nSPS) is 12.8. The number of aliphatic imine (C=N–C) groups is 1. The summed E-state index contributed by atoms with van der Waals surface area (Å²) >= 11 is 0. The Kier molecular flexibility index (Phi) is 11.9. The lowest BCUT2D eigenvalue weighted by Gasteiger charge is -2.16. The van der Waals surface area contributed by atoms with Crippen LogP contribution in [0.15, 0.2) is 57.9 Å². The number of halogens is 2. The van der Waals surface area contributed by atoms with Crippen LogP contribution in [-0.2, 0) is 30.4 Å². The van der Waals surface area contributed by atoms with Gasteiger partial charge in [-0.2, -0.15) is 8.78 Å². The Bertz CT molecular complexity index is 1570. The number of Topliss-reactive ketones (excluding diaryl/α,β-unsaturated/α-hetero) is 1. The van der Waals surface area contributed by atoms with Crippen LogP contribution in [0.4, 0.5) is 8.78 Å². The molecule has 1 amide bonds. The number of aromatic nitrogens is 1. The Labute approximate surface area is 236 Å². The Morgan fingerprint density at radius 1 is 1.05 bits per heavy atom. The van der Waals surface area contributed by atoms with E-state index in [-0.39, 0.29) is 23.0 Å². The van der Waals surface area contributed by atoms with E-state index in [1.54, 1.807) is 24.3 Å². The monoisotopic (exact) mass is 616 g/mol. The molecule has 0 saturated heterocycles. The number of hydrogen-bond acceptors (Lipinski definition) is 10. The van der Waals surface area contributed by atoms with Crippen LogP contribution in [0.1, 0.15) is 37.0 Å². The minimum absolute atomic E-state index is 0.0851. The number of ether oxygens (including phenoxy) is 1. The van der Waals surface area contributed by atoms with Gasteiger partial charge in [0.15, 0.2) is 15.4 Å². The van der Waals surface area contributed by atoms with E-state index in [2.05, 4.69) is 20.0 Å². The van der Waals surface area contributed by atoms with Gasteiger partial charge < -0.3 is 14.5 Å². The number of carbonyl (C=O) groups excluding carboxylic acids is 2. The third kappa shape index (κ3) is 10.9. The lowest BCUT2D eigenvalue weighted by atomic mass is 10.2. The number of hydrogen-bond donors (Lipinski definition) is 2. The molecule has 0 aliphatic rings. The Morgan fingerprint density at radius 2 is 1.68 bits per heavy atom. The molecule has 3 aromatic rings.